The van der Waals surface area contributed by atoms with Gasteiger partial charge in [-0.25, -0.2) is 0 Å². The molecule has 1 N–H and O–H groups in total. The smallest absolute Gasteiger partial charge is 0.220 e. The number of hydrogen-bond acceptors (Lipinski definition) is 4. The molecule has 29 heavy (non-hydrogen) atoms. The second-order valence-electron chi connectivity index (χ2n) is 7.76. The van der Waals surface area contributed by atoms with Gasteiger partial charge in [-0.05, 0) is 43.5 Å². The van der Waals surface area contributed by atoms with Crippen LogP contribution < -0.4 is 19.5 Å². The summed E-state index contributed by atoms with van der Waals surface area (Å²) in [5, 5.41) is 3.85. The lowest BCUT2D eigenvalue weighted by Crippen LogP contribution is -2.55. The average molecular weight is 412 g/mol. The van der Waals surface area contributed by atoms with Crippen molar-refractivity contribution in [3.8, 4) is 17.2 Å². The van der Waals surface area contributed by atoms with Gasteiger partial charge in [0.25, 0.3) is 0 Å². The van der Waals surface area contributed by atoms with Crippen LogP contribution in [0.1, 0.15) is 55.7 Å². The summed E-state index contributed by atoms with van der Waals surface area (Å²) in [6.07, 6.45) is 6.38. The van der Waals surface area contributed by atoms with E-state index in [0.29, 0.717) is 22.9 Å². The molecule has 6 heteroatoms. The van der Waals surface area contributed by atoms with Gasteiger partial charge in [-0.1, -0.05) is 30.7 Å². The topological polar surface area (TPSA) is 56.8 Å². The zero-order valence-electron chi connectivity index (χ0n) is 16.1. The highest BCUT2D eigenvalue weighted by Gasteiger charge is 2.55. The third-order valence-corrected chi connectivity index (χ3v) is 6.37. The minimum Gasteiger partial charge on any atom is -0.486 e. The molecule has 2 heterocycles. The van der Waals surface area contributed by atoms with E-state index in [2.05, 4.69) is 5.32 Å². The molecule has 0 saturated heterocycles. The van der Waals surface area contributed by atoms with Crippen LogP contribution >= 0.6 is 11.6 Å². The highest BCUT2D eigenvalue weighted by atomic mass is 35.5. The Labute approximate surface area is 174 Å². The summed E-state index contributed by atoms with van der Waals surface area (Å²) in [5.74, 6) is 1.99. The number of carbonyl (C=O) groups is 1. The Hall–Kier alpha value is -2.66. The van der Waals surface area contributed by atoms with E-state index >= 15 is 0 Å². The van der Waals surface area contributed by atoms with E-state index in [9.17, 15) is 4.79 Å². The molecule has 1 fully saturated rings. The maximum absolute atomic E-state index is 12.5. The van der Waals surface area contributed by atoms with Crippen LogP contribution in [0.2, 0.25) is 5.02 Å². The summed E-state index contributed by atoms with van der Waals surface area (Å²) in [6.45, 7) is 1.85. The molecule has 0 radical (unpaired) electrons. The summed E-state index contributed by atoms with van der Waals surface area (Å²) in [6, 6.07) is 11.2. The average Bonchev–Trinajstić information content (AvgIpc) is 2.72. The predicted octanol–water partition coefficient (Wildman–Crippen LogP) is 5.25. The molecule has 3 aliphatic rings. The number of hydrogen-bond donors (Lipinski definition) is 1. The Morgan fingerprint density at radius 1 is 1.14 bits per heavy atom. The number of rotatable bonds is 3. The second kappa shape index (κ2) is 6.99. The fraction of sp³-hybridized carbons (Fsp3) is 0.348. The fourth-order valence-electron chi connectivity index (χ4n) is 4.65. The third kappa shape index (κ3) is 2.96. The van der Waals surface area contributed by atoms with Crippen molar-refractivity contribution in [2.24, 2.45) is 0 Å². The van der Waals surface area contributed by atoms with E-state index < -0.39 is 5.60 Å². The molecule has 1 saturated carbocycles. The lowest BCUT2D eigenvalue weighted by molar-refractivity contribution is -0.123. The highest BCUT2D eigenvalue weighted by molar-refractivity contribution is 6.30. The molecular weight excluding hydrogens is 390 g/mol. The molecule has 0 aromatic heterocycles. The minimum absolute atomic E-state index is 0.0100. The molecule has 2 atom stereocenters. The van der Waals surface area contributed by atoms with E-state index in [1.54, 1.807) is 0 Å². The fourth-order valence-corrected chi connectivity index (χ4v) is 4.83. The van der Waals surface area contributed by atoms with Gasteiger partial charge in [-0.15, -0.1) is 0 Å². The summed E-state index contributed by atoms with van der Waals surface area (Å²) < 4.78 is 18.1. The largest absolute Gasteiger partial charge is 0.486 e. The number of halogens is 1. The number of nitrogens with one attached hydrogen (secondary N) is 1. The summed E-state index contributed by atoms with van der Waals surface area (Å²) in [5.41, 5.74) is 1.47. The molecule has 5 rings (SSSR count). The van der Waals surface area contributed by atoms with Crippen LogP contribution in [0.15, 0.2) is 48.9 Å². The van der Waals surface area contributed by atoms with Gasteiger partial charge in [-0.2, -0.15) is 0 Å². The Bertz CT molecular complexity index is 998. The Kier molecular flexibility index (Phi) is 4.43. The zero-order valence-corrected chi connectivity index (χ0v) is 16.9. The zero-order chi connectivity index (χ0) is 20.0. The minimum atomic E-state index is -0.397. The third-order valence-electron chi connectivity index (χ3n) is 6.14. The number of fused-ring (bicyclic) bond motifs is 2. The number of amides is 1. The van der Waals surface area contributed by atoms with Gasteiger partial charge in [0.15, 0.2) is 11.5 Å². The van der Waals surface area contributed by atoms with Gasteiger partial charge in [0.05, 0.1) is 12.0 Å². The van der Waals surface area contributed by atoms with Gasteiger partial charge in [0.2, 0.25) is 5.91 Å². The quantitative estimate of drug-likeness (QED) is 0.749. The molecule has 5 nitrogen and oxygen atoms in total. The van der Waals surface area contributed by atoms with Crippen molar-refractivity contribution in [1.82, 2.24) is 5.32 Å². The van der Waals surface area contributed by atoms with Crippen LogP contribution in [0.3, 0.4) is 0 Å². The van der Waals surface area contributed by atoms with E-state index in [1.165, 1.54) is 12.5 Å². The van der Waals surface area contributed by atoms with Gasteiger partial charge in [0.1, 0.15) is 23.9 Å². The molecule has 1 amide bonds. The number of carbonyl (C=O) groups excluding carboxylic acids is 1. The van der Waals surface area contributed by atoms with Crippen molar-refractivity contribution in [2.75, 3.05) is 0 Å². The summed E-state index contributed by atoms with van der Waals surface area (Å²) >= 11 is 6.32. The molecule has 0 bridgehead atoms. The monoisotopic (exact) mass is 411 g/mol. The molecule has 1 spiro atoms. The van der Waals surface area contributed by atoms with E-state index in [1.807, 2.05) is 43.3 Å². The van der Waals surface area contributed by atoms with Crippen molar-refractivity contribution in [1.29, 1.82) is 0 Å². The maximum atomic E-state index is 12.5. The first-order valence-electron chi connectivity index (χ1n) is 10.0. The van der Waals surface area contributed by atoms with Crippen LogP contribution in [-0.4, -0.2) is 11.5 Å². The lowest BCUT2D eigenvalue weighted by atomic mass is 9.63. The first-order chi connectivity index (χ1) is 14.1. The predicted molar refractivity (Wildman–Crippen MR) is 109 cm³/mol. The highest BCUT2D eigenvalue weighted by Crippen LogP contribution is 2.59. The standard InChI is InChI=1S/C23H22ClNO4/c1-2-19(26)25-21-16-13-14(24)7-8-17(16)29-23(9-4-10-23)20(21)15-5-3-6-18-22(15)28-12-11-27-18/h3,5-8,11-13,20-21H,2,4,9-10H2,1H3,(H,25,26). The first kappa shape index (κ1) is 18.4. The molecule has 150 valence electrons. The lowest BCUT2D eigenvalue weighted by Gasteiger charge is -2.54. The van der Waals surface area contributed by atoms with Crippen molar-refractivity contribution in [3.63, 3.8) is 0 Å². The molecule has 2 aliphatic heterocycles. The van der Waals surface area contributed by atoms with Gasteiger partial charge in [0, 0.05) is 22.6 Å². The normalized spacial score (nSPS) is 23.0. The summed E-state index contributed by atoms with van der Waals surface area (Å²) in [7, 11) is 0. The number of ether oxygens (including phenoxy) is 3. The van der Waals surface area contributed by atoms with Crippen molar-refractivity contribution in [2.45, 2.75) is 50.2 Å². The van der Waals surface area contributed by atoms with Crippen molar-refractivity contribution in [3.05, 3.63) is 65.1 Å². The molecule has 2 aromatic carbocycles. The van der Waals surface area contributed by atoms with E-state index in [4.69, 9.17) is 25.8 Å². The van der Waals surface area contributed by atoms with Gasteiger partial charge >= 0.3 is 0 Å². The molecular formula is C23H22ClNO4. The van der Waals surface area contributed by atoms with E-state index in [-0.39, 0.29) is 17.9 Å². The second-order valence-corrected chi connectivity index (χ2v) is 8.20. The van der Waals surface area contributed by atoms with Crippen LogP contribution in [0.25, 0.3) is 0 Å². The first-order valence-corrected chi connectivity index (χ1v) is 10.4. The number of benzene rings is 2. The van der Waals surface area contributed by atoms with Gasteiger partial charge in [-0.3, -0.25) is 4.79 Å². The molecule has 2 unspecified atom stereocenters. The summed E-state index contributed by atoms with van der Waals surface area (Å²) in [4.78, 5) is 12.5. The van der Waals surface area contributed by atoms with Crippen LogP contribution in [-0.2, 0) is 4.79 Å². The van der Waals surface area contributed by atoms with Crippen molar-refractivity contribution >= 4 is 17.5 Å². The SMILES string of the molecule is CCC(=O)NC1c2cc(Cl)ccc2OC2(CCC2)C1c1cccc2c1OC=CO2. The van der Waals surface area contributed by atoms with Crippen LogP contribution in [0, 0.1) is 0 Å². The van der Waals surface area contributed by atoms with Crippen LogP contribution in [0.4, 0.5) is 0 Å². The number of para-hydroxylation sites is 1. The van der Waals surface area contributed by atoms with Crippen LogP contribution in [0.5, 0.6) is 17.2 Å². The van der Waals surface area contributed by atoms with Gasteiger partial charge < -0.3 is 19.5 Å². The van der Waals surface area contributed by atoms with Crippen molar-refractivity contribution < 1.29 is 19.0 Å². The molecule has 2 aromatic rings. The Morgan fingerprint density at radius 2 is 1.97 bits per heavy atom. The maximum Gasteiger partial charge on any atom is 0.220 e. The van der Waals surface area contributed by atoms with E-state index in [0.717, 1.165) is 36.1 Å². The Morgan fingerprint density at radius 3 is 2.72 bits per heavy atom. The Balaban J connectivity index is 1.70. The molecule has 1 aliphatic carbocycles.